The van der Waals surface area contributed by atoms with Crippen molar-refractivity contribution in [2.45, 2.75) is 231 Å². The molecule has 0 saturated carbocycles. The normalized spacial score (nSPS) is 14.8. The number of aliphatic hydroxyl groups excluding tert-OH is 1. The van der Waals surface area contributed by atoms with Crippen LogP contribution in [0, 0.1) is 0 Å². The molecule has 0 radical (unpaired) electrons. The third-order valence-corrected chi connectivity index (χ3v) is 13.0. The van der Waals surface area contributed by atoms with Crippen LogP contribution in [0.3, 0.4) is 0 Å². The number of quaternary nitrogens is 1. The van der Waals surface area contributed by atoms with Gasteiger partial charge in [-0.3, -0.25) is 13.8 Å². The van der Waals surface area contributed by atoms with Crippen LogP contribution >= 0.6 is 7.82 Å². The van der Waals surface area contributed by atoms with Crippen LogP contribution in [0.25, 0.3) is 0 Å². The van der Waals surface area contributed by atoms with Gasteiger partial charge in [0.05, 0.1) is 39.9 Å². The lowest BCUT2D eigenvalue weighted by molar-refractivity contribution is -0.870. The van der Waals surface area contributed by atoms with E-state index in [1.807, 2.05) is 27.2 Å². The van der Waals surface area contributed by atoms with Crippen LogP contribution in [-0.4, -0.2) is 73.4 Å². The Hall–Kier alpha value is -2.84. The van der Waals surface area contributed by atoms with Crippen LogP contribution in [-0.2, 0) is 18.4 Å². The first kappa shape index (κ1) is 67.2. The van der Waals surface area contributed by atoms with Crippen molar-refractivity contribution in [2.24, 2.45) is 0 Å². The number of unbranched alkanes of at least 4 members (excludes halogenated alkanes) is 21. The summed E-state index contributed by atoms with van der Waals surface area (Å²) < 4.78 is 23.7. The lowest BCUT2D eigenvalue weighted by Gasteiger charge is -2.25. The van der Waals surface area contributed by atoms with Gasteiger partial charge < -0.3 is 19.8 Å². The highest BCUT2D eigenvalue weighted by atomic mass is 31.2. The third-order valence-electron chi connectivity index (χ3n) is 12.0. The Morgan fingerprint density at radius 1 is 0.500 bits per heavy atom. The van der Waals surface area contributed by atoms with Gasteiger partial charge in [-0.05, 0) is 89.9 Å². The average molecular weight is 997 g/mol. The van der Waals surface area contributed by atoms with Gasteiger partial charge in [-0.1, -0.05) is 232 Å². The molecular weight excluding hydrogens is 888 g/mol. The Balaban J connectivity index is 4.26. The second-order valence-electron chi connectivity index (χ2n) is 19.9. The Labute approximate surface area is 431 Å². The molecule has 0 fully saturated rings. The number of allylic oxidation sites excluding steroid dienone is 17. The van der Waals surface area contributed by atoms with Crippen molar-refractivity contribution in [2.75, 3.05) is 40.9 Å². The smallest absolute Gasteiger partial charge is 0.387 e. The number of carbonyl (C=O) groups excluding carboxylic acids is 1. The molecule has 0 aliphatic heterocycles. The first-order valence-corrected chi connectivity index (χ1v) is 29.8. The van der Waals surface area contributed by atoms with Gasteiger partial charge in [-0.15, -0.1) is 0 Å². The Morgan fingerprint density at radius 3 is 1.31 bits per heavy atom. The molecule has 0 aliphatic rings. The minimum atomic E-state index is -4.36. The molecule has 70 heavy (non-hydrogen) atoms. The molecule has 3 N–H and O–H groups in total. The summed E-state index contributed by atoms with van der Waals surface area (Å²) in [4.78, 5) is 23.3. The zero-order valence-electron chi connectivity index (χ0n) is 45.7. The summed E-state index contributed by atoms with van der Waals surface area (Å²) in [6.07, 6.45) is 74.7. The number of aliphatic hydroxyl groups is 1. The standard InChI is InChI=1S/C61H107N2O6P/c1-6-8-10-12-14-16-18-20-22-24-25-26-27-28-29-30-31-32-33-34-35-36-37-39-41-43-45-47-49-51-53-55-61(65)62-59(58-69-70(66,67)68-57-56-63(3,4)5)60(64)54-52-50-48-46-44-42-40-38-23-21-19-17-15-13-11-9-7-2/h8,10,14,16,20,22,25-26,28-29,31-32,34-35,44,46,52,54,59-60,64H,6-7,9,11-13,15,17-19,21,23-24,27,30,33,36-43,45,47-51,53,55-58H2,1-5H3,(H-,62,65,66,67)/p+1/b10-8-,16-14-,22-20-,26-25-,29-28-,32-31-,35-34-,46-44+,54-52+. The van der Waals surface area contributed by atoms with Crippen LogP contribution < -0.4 is 5.32 Å². The second kappa shape index (κ2) is 51.1. The molecule has 0 heterocycles. The van der Waals surface area contributed by atoms with Crippen molar-refractivity contribution >= 4 is 13.7 Å². The van der Waals surface area contributed by atoms with E-state index in [0.29, 0.717) is 17.4 Å². The number of nitrogens with zero attached hydrogens (tertiary/aromatic N) is 1. The van der Waals surface area contributed by atoms with Crippen LogP contribution in [0.1, 0.15) is 219 Å². The Morgan fingerprint density at radius 2 is 0.871 bits per heavy atom. The fraction of sp³-hybridized carbons (Fsp3) is 0.689. The van der Waals surface area contributed by atoms with Crippen molar-refractivity contribution in [3.8, 4) is 0 Å². The lowest BCUT2D eigenvalue weighted by atomic mass is 10.0. The number of phosphoric ester groups is 1. The van der Waals surface area contributed by atoms with Gasteiger partial charge in [0.15, 0.2) is 0 Å². The molecule has 1 amide bonds. The maximum atomic E-state index is 13.0. The highest BCUT2D eigenvalue weighted by molar-refractivity contribution is 7.47. The number of amides is 1. The number of rotatable bonds is 50. The Kier molecular flexibility index (Phi) is 49.0. The van der Waals surface area contributed by atoms with Gasteiger partial charge in [-0.2, -0.15) is 0 Å². The molecule has 0 rings (SSSR count). The van der Waals surface area contributed by atoms with E-state index in [1.54, 1.807) is 6.08 Å². The molecule has 0 saturated heterocycles. The van der Waals surface area contributed by atoms with E-state index in [2.05, 4.69) is 116 Å². The van der Waals surface area contributed by atoms with Gasteiger partial charge in [-0.25, -0.2) is 4.57 Å². The molecule has 3 unspecified atom stereocenters. The zero-order valence-corrected chi connectivity index (χ0v) is 46.6. The van der Waals surface area contributed by atoms with Crippen LogP contribution in [0.4, 0.5) is 0 Å². The second-order valence-corrected chi connectivity index (χ2v) is 21.4. The van der Waals surface area contributed by atoms with Crippen molar-refractivity contribution < 1.29 is 32.9 Å². The van der Waals surface area contributed by atoms with Crippen LogP contribution in [0.15, 0.2) is 109 Å². The molecule has 3 atom stereocenters. The van der Waals surface area contributed by atoms with E-state index in [1.165, 1.54) is 109 Å². The van der Waals surface area contributed by atoms with E-state index >= 15 is 0 Å². The summed E-state index contributed by atoms with van der Waals surface area (Å²) in [5.41, 5.74) is 0. The monoisotopic (exact) mass is 996 g/mol. The molecule has 0 aromatic carbocycles. The average Bonchev–Trinajstić information content (AvgIpc) is 3.32. The van der Waals surface area contributed by atoms with Gasteiger partial charge in [0.2, 0.25) is 5.91 Å². The maximum Gasteiger partial charge on any atom is 0.472 e. The third kappa shape index (κ3) is 53.0. The van der Waals surface area contributed by atoms with E-state index in [0.717, 1.165) is 89.9 Å². The number of nitrogens with one attached hydrogen (secondary N) is 1. The molecule has 0 aromatic heterocycles. The molecule has 8 nitrogen and oxygen atoms in total. The molecule has 9 heteroatoms. The first-order valence-electron chi connectivity index (χ1n) is 28.3. The summed E-state index contributed by atoms with van der Waals surface area (Å²) in [7, 11) is 1.54. The molecule has 0 spiro atoms. The van der Waals surface area contributed by atoms with Crippen molar-refractivity contribution in [1.29, 1.82) is 0 Å². The van der Waals surface area contributed by atoms with Crippen LogP contribution in [0.2, 0.25) is 0 Å². The summed E-state index contributed by atoms with van der Waals surface area (Å²) >= 11 is 0. The lowest BCUT2D eigenvalue weighted by Crippen LogP contribution is -2.45. The zero-order chi connectivity index (χ0) is 51.3. The van der Waals surface area contributed by atoms with Crippen LogP contribution in [0.5, 0.6) is 0 Å². The van der Waals surface area contributed by atoms with E-state index in [9.17, 15) is 19.4 Å². The topological polar surface area (TPSA) is 105 Å². The number of hydrogen-bond donors (Lipinski definition) is 3. The largest absolute Gasteiger partial charge is 0.472 e. The van der Waals surface area contributed by atoms with Gasteiger partial charge in [0.25, 0.3) is 0 Å². The fourth-order valence-corrected chi connectivity index (χ4v) is 8.30. The quantitative estimate of drug-likeness (QED) is 0.0243. The van der Waals surface area contributed by atoms with Gasteiger partial charge >= 0.3 is 7.82 Å². The summed E-state index contributed by atoms with van der Waals surface area (Å²) in [6, 6.07) is -0.874. The van der Waals surface area contributed by atoms with E-state index in [-0.39, 0.29) is 19.1 Å². The summed E-state index contributed by atoms with van der Waals surface area (Å²) in [6.45, 7) is 4.67. The maximum absolute atomic E-state index is 13.0. The van der Waals surface area contributed by atoms with Gasteiger partial charge in [0.1, 0.15) is 13.2 Å². The Bertz CT molecular complexity index is 1500. The summed E-state index contributed by atoms with van der Waals surface area (Å²) in [5.74, 6) is -0.198. The molecule has 0 aromatic rings. The SMILES string of the molecule is CC/C=C\C/C=C\C/C=C\C/C=C\C/C=C\C/C=C\C/C=C\CCCCCCCCCCCC(=O)NC(COP(=O)(O)OCC[N+](C)(C)C)C(O)/C=C/CC/C=C/CCCCCCCCCCCCC. The van der Waals surface area contributed by atoms with Crippen molar-refractivity contribution in [3.63, 3.8) is 0 Å². The minimum Gasteiger partial charge on any atom is -0.387 e. The summed E-state index contributed by atoms with van der Waals surface area (Å²) in [5, 5.41) is 13.9. The highest BCUT2D eigenvalue weighted by Crippen LogP contribution is 2.43. The molecular formula is C61H108N2O6P+. The molecule has 0 aliphatic carbocycles. The van der Waals surface area contributed by atoms with E-state index < -0.39 is 20.0 Å². The number of hydrogen-bond acceptors (Lipinski definition) is 5. The predicted octanol–water partition coefficient (Wildman–Crippen LogP) is 17.2. The van der Waals surface area contributed by atoms with Gasteiger partial charge in [0, 0.05) is 6.42 Å². The van der Waals surface area contributed by atoms with E-state index in [4.69, 9.17) is 9.05 Å². The van der Waals surface area contributed by atoms with Crippen molar-refractivity contribution in [3.05, 3.63) is 109 Å². The minimum absolute atomic E-state index is 0.0496. The highest BCUT2D eigenvalue weighted by Gasteiger charge is 2.27. The number of likely N-dealkylation sites (N-methyl/N-ethyl adjacent to an activating group) is 1. The number of carbonyl (C=O) groups is 1. The fourth-order valence-electron chi connectivity index (χ4n) is 7.57. The molecule has 402 valence electrons. The molecule has 0 bridgehead atoms. The number of phosphoric acid groups is 1. The van der Waals surface area contributed by atoms with Crippen molar-refractivity contribution in [1.82, 2.24) is 5.32 Å². The predicted molar refractivity (Wildman–Crippen MR) is 304 cm³/mol. The first-order chi connectivity index (χ1) is 34.0.